The Balaban J connectivity index is 2.31. The molecule has 1 aromatic rings. The first-order valence-corrected chi connectivity index (χ1v) is 6.53. The van der Waals surface area contributed by atoms with Crippen LogP contribution in [0.1, 0.15) is 11.9 Å². The van der Waals surface area contributed by atoms with Crippen LogP contribution < -0.4 is 5.32 Å². The van der Waals surface area contributed by atoms with Crippen molar-refractivity contribution in [2.75, 3.05) is 18.6 Å². The molecule has 0 aliphatic heterocycles. The fraction of sp³-hybridized carbons (Fsp3) is 0.667. The van der Waals surface area contributed by atoms with Gasteiger partial charge < -0.3 is 5.32 Å². The first-order valence-electron chi connectivity index (χ1n) is 4.50. The molecule has 1 atom stereocenters. The van der Waals surface area contributed by atoms with Gasteiger partial charge in [-0.15, -0.1) is 11.3 Å². The zero-order chi connectivity index (χ0) is 9.52. The molecule has 2 nitrogen and oxygen atoms in total. The Labute approximate surface area is 88.2 Å². The Morgan fingerprint density at radius 1 is 1.69 bits per heavy atom. The molecule has 1 heterocycles. The second-order valence-corrected chi connectivity index (χ2v) is 5.07. The summed E-state index contributed by atoms with van der Waals surface area (Å²) in [4.78, 5) is 4.28. The Bertz CT molecular complexity index is 211. The summed E-state index contributed by atoms with van der Waals surface area (Å²) in [6.07, 6.45) is 2.93. The van der Waals surface area contributed by atoms with E-state index in [9.17, 15) is 0 Å². The van der Waals surface area contributed by atoms with Crippen LogP contribution in [-0.4, -0.2) is 29.6 Å². The highest BCUT2D eigenvalue weighted by Crippen LogP contribution is 2.10. The van der Waals surface area contributed by atoms with Gasteiger partial charge in [-0.3, -0.25) is 0 Å². The van der Waals surface area contributed by atoms with Gasteiger partial charge in [-0.25, -0.2) is 4.98 Å². The van der Waals surface area contributed by atoms with Crippen LogP contribution in [0.5, 0.6) is 0 Å². The van der Waals surface area contributed by atoms with Crippen LogP contribution in [0.4, 0.5) is 0 Å². The third-order valence-electron chi connectivity index (χ3n) is 1.84. The van der Waals surface area contributed by atoms with Crippen LogP contribution in [0.15, 0.2) is 11.6 Å². The SMILES string of the molecule is CCSCC(Cc1nccs1)NC. The molecule has 0 fully saturated rings. The summed E-state index contributed by atoms with van der Waals surface area (Å²) >= 11 is 3.72. The van der Waals surface area contributed by atoms with E-state index in [1.165, 1.54) is 16.5 Å². The van der Waals surface area contributed by atoms with E-state index in [0.717, 1.165) is 6.42 Å². The Morgan fingerprint density at radius 3 is 3.08 bits per heavy atom. The van der Waals surface area contributed by atoms with E-state index in [0.29, 0.717) is 6.04 Å². The van der Waals surface area contributed by atoms with Gasteiger partial charge in [-0.2, -0.15) is 11.8 Å². The van der Waals surface area contributed by atoms with Gasteiger partial charge in [-0.1, -0.05) is 6.92 Å². The van der Waals surface area contributed by atoms with Gasteiger partial charge in [-0.05, 0) is 12.8 Å². The molecule has 0 radical (unpaired) electrons. The van der Waals surface area contributed by atoms with Crippen molar-refractivity contribution in [1.82, 2.24) is 10.3 Å². The molecule has 4 heteroatoms. The van der Waals surface area contributed by atoms with Gasteiger partial charge in [0.1, 0.15) is 0 Å². The number of hydrogen-bond donors (Lipinski definition) is 1. The zero-order valence-electron chi connectivity index (χ0n) is 8.12. The fourth-order valence-corrected chi connectivity index (χ4v) is 2.57. The predicted octanol–water partition coefficient (Wildman–Crippen LogP) is 2.03. The molecule has 74 valence electrons. The van der Waals surface area contributed by atoms with Gasteiger partial charge in [0.25, 0.3) is 0 Å². The maximum atomic E-state index is 4.28. The second-order valence-electron chi connectivity index (χ2n) is 2.78. The lowest BCUT2D eigenvalue weighted by atomic mass is 10.2. The molecule has 1 N–H and O–H groups in total. The predicted molar refractivity (Wildman–Crippen MR) is 61.7 cm³/mol. The minimum atomic E-state index is 0.566. The van der Waals surface area contributed by atoms with Crippen molar-refractivity contribution in [3.05, 3.63) is 16.6 Å². The molecule has 0 aromatic carbocycles. The molecule has 0 saturated heterocycles. The number of thiazole rings is 1. The van der Waals surface area contributed by atoms with Crippen LogP contribution in [0.2, 0.25) is 0 Å². The van der Waals surface area contributed by atoms with Gasteiger partial charge in [0.2, 0.25) is 0 Å². The van der Waals surface area contributed by atoms with Crippen LogP contribution >= 0.6 is 23.1 Å². The van der Waals surface area contributed by atoms with E-state index < -0.39 is 0 Å². The molecule has 13 heavy (non-hydrogen) atoms. The first kappa shape index (κ1) is 11.0. The lowest BCUT2D eigenvalue weighted by Gasteiger charge is -2.13. The average Bonchev–Trinajstić information content (AvgIpc) is 2.64. The molecule has 0 spiro atoms. The third kappa shape index (κ3) is 4.11. The molecule has 0 aliphatic carbocycles. The molecular formula is C9H16N2S2. The number of thioether (sulfide) groups is 1. The number of nitrogens with zero attached hydrogens (tertiary/aromatic N) is 1. The molecule has 0 saturated carbocycles. The van der Waals surface area contributed by atoms with Crippen molar-refractivity contribution in [1.29, 1.82) is 0 Å². The summed E-state index contributed by atoms with van der Waals surface area (Å²) in [7, 11) is 2.02. The van der Waals surface area contributed by atoms with E-state index in [1.54, 1.807) is 11.3 Å². The maximum Gasteiger partial charge on any atom is 0.0940 e. The van der Waals surface area contributed by atoms with Crippen molar-refractivity contribution in [2.45, 2.75) is 19.4 Å². The highest BCUT2D eigenvalue weighted by Gasteiger charge is 2.07. The number of rotatable bonds is 6. The second kappa shape index (κ2) is 6.40. The van der Waals surface area contributed by atoms with Crippen LogP contribution in [0, 0.1) is 0 Å². The Kier molecular flexibility index (Phi) is 5.43. The monoisotopic (exact) mass is 216 g/mol. The van der Waals surface area contributed by atoms with Crippen molar-refractivity contribution >= 4 is 23.1 Å². The topological polar surface area (TPSA) is 24.9 Å². The summed E-state index contributed by atoms with van der Waals surface area (Å²) in [6, 6.07) is 0.566. The highest BCUT2D eigenvalue weighted by molar-refractivity contribution is 7.99. The fourth-order valence-electron chi connectivity index (χ4n) is 1.07. The smallest absolute Gasteiger partial charge is 0.0940 e. The quantitative estimate of drug-likeness (QED) is 0.787. The summed E-state index contributed by atoms with van der Waals surface area (Å²) in [5.74, 6) is 2.36. The molecule has 0 amide bonds. The van der Waals surface area contributed by atoms with E-state index in [2.05, 4.69) is 17.2 Å². The van der Waals surface area contributed by atoms with Crippen molar-refractivity contribution in [2.24, 2.45) is 0 Å². The van der Waals surface area contributed by atoms with E-state index in [1.807, 2.05) is 30.4 Å². The Morgan fingerprint density at radius 2 is 2.54 bits per heavy atom. The van der Waals surface area contributed by atoms with Crippen molar-refractivity contribution in [3.8, 4) is 0 Å². The van der Waals surface area contributed by atoms with Crippen molar-refractivity contribution < 1.29 is 0 Å². The largest absolute Gasteiger partial charge is 0.316 e. The summed E-state index contributed by atoms with van der Waals surface area (Å²) in [5, 5.41) is 6.59. The number of likely N-dealkylation sites (N-methyl/N-ethyl adjacent to an activating group) is 1. The highest BCUT2D eigenvalue weighted by atomic mass is 32.2. The zero-order valence-corrected chi connectivity index (χ0v) is 9.75. The minimum absolute atomic E-state index is 0.566. The number of nitrogens with one attached hydrogen (secondary N) is 1. The normalized spacial score (nSPS) is 13.1. The summed E-state index contributed by atoms with van der Waals surface area (Å²) in [5.41, 5.74) is 0. The van der Waals surface area contributed by atoms with Gasteiger partial charge in [0, 0.05) is 29.8 Å². The molecular weight excluding hydrogens is 200 g/mol. The van der Waals surface area contributed by atoms with E-state index in [-0.39, 0.29) is 0 Å². The summed E-state index contributed by atoms with van der Waals surface area (Å²) < 4.78 is 0. The Hall–Kier alpha value is -0.0600. The van der Waals surface area contributed by atoms with Crippen LogP contribution in [0.3, 0.4) is 0 Å². The molecule has 1 rings (SSSR count). The van der Waals surface area contributed by atoms with E-state index in [4.69, 9.17) is 0 Å². The molecule has 0 aliphatic rings. The van der Waals surface area contributed by atoms with E-state index >= 15 is 0 Å². The lowest BCUT2D eigenvalue weighted by Crippen LogP contribution is -2.30. The van der Waals surface area contributed by atoms with Gasteiger partial charge in [0.15, 0.2) is 0 Å². The van der Waals surface area contributed by atoms with Gasteiger partial charge in [0.05, 0.1) is 5.01 Å². The number of hydrogen-bond acceptors (Lipinski definition) is 4. The standard InChI is InChI=1S/C9H16N2S2/c1-3-12-7-8(10-2)6-9-11-4-5-13-9/h4-5,8,10H,3,6-7H2,1-2H3. The van der Waals surface area contributed by atoms with Crippen molar-refractivity contribution in [3.63, 3.8) is 0 Å². The van der Waals surface area contributed by atoms with Crippen LogP contribution in [0.25, 0.3) is 0 Å². The minimum Gasteiger partial charge on any atom is -0.316 e. The number of aromatic nitrogens is 1. The lowest BCUT2D eigenvalue weighted by molar-refractivity contribution is 0.615. The third-order valence-corrected chi connectivity index (χ3v) is 3.68. The maximum absolute atomic E-state index is 4.28. The molecule has 1 aromatic heterocycles. The molecule has 0 bridgehead atoms. The summed E-state index contributed by atoms with van der Waals surface area (Å²) in [6.45, 7) is 2.20. The first-order chi connectivity index (χ1) is 6.36. The average molecular weight is 216 g/mol. The molecule has 1 unspecified atom stereocenters. The van der Waals surface area contributed by atoms with Crippen LogP contribution in [-0.2, 0) is 6.42 Å². The van der Waals surface area contributed by atoms with Gasteiger partial charge >= 0.3 is 0 Å².